The molecular formula is C72H118CaO6S2. The fourth-order valence-corrected chi connectivity index (χ4v) is 13.6. The topological polar surface area (TPSA) is 114 Å². The molecule has 456 valence electrons. The van der Waals surface area contributed by atoms with Crippen molar-refractivity contribution in [2.45, 2.75) is 346 Å². The van der Waals surface area contributed by atoms with E-state index in [1.54, 1.807) is 12.1 Å². The minimum absolute atomic E-state index is 0. The van der Waals surface area contributed by atoms with Gasteiger partial charge >= 0.3 is 37.7 Å². The van der Waals surface area contributed by atoms with Crippen LogP contribution in [0, 0.1) is 0 Å². The molecule has 0 amide bonds. The standard InChI is InChI=1S/2C36H60O3S.Ca/c2*1-3-5-7-9-11-13-15-17-19-21-23-26-32-30-33(27-24-22-20-18-16-14-12-10-8-6-4-2)36-34(31-32)28-25-29-35(36)40(37,38)39;/h2*25,28-31H,3-24,26-27H2,1-2H3,(H,37,38,39);/q;;+2/p-2. The fourth-order valence-electron chi connectivity index (χ4n) is 12.1. The van der Waals surface area contributed by atoms with Crippen molar-refractivity contribution in [1.29, 1.82) is 0 Å². The summed E-state index contributed by atoms with van der Waals surface area (Å²) < 4.78 is 72.4. The zero-order chi connectivity index (χ0) is 57.8. The SMILES string of the molecule is CCCCCCCCCCCCCc1cc(CCCCCCCCCCCCC)c2c(S(=O)(=O)[O-])cccc2c1.CCCCCCCCCCCCCc1cc(CCCCCCCCCCCCC)c2c(S(=O)(=O)[O-])cccc2c1.[Ca+2]. The van der Waals surface area contributed by atoms with E-state index in [2.05, 4.69) is 52.0 Å². The molecule has 0 fully saturated rings. The summed E-state index contributed by atoms with van der Waals surface area (Å²) in [6.07, 6.45) is 61.4. The van der Waals surface area contributed by atoms with Crippen molar-refractivity contribution in [2.75, 3.05) is 0 Å². The Kier molecular flexibility index (Phi) is 45.3. The minimum Gasteiger partial charge on any atom is -0.744 e. The van der Waals surface area contributed by atoms with E-state index < -0.39 is 20.2 Å². The van der Waals surface area contributed by atoms with Crippen LogP contribution in [0.5, 0.6) is 0 Å². The van der Waals surface area contributed by atoms with E-state index in [1.165, 1.54) is 280 Å². The summed E-state index contributed by atoms with van der Waals surface area (Å²) in [6.45, 7) is 9.07. The number of fused-ring (bicyclic) bond motifs is 2. The van der Waals surface area contributed by atoms with Crippen LogP contribution in [0.2, 0.25) is 0 Å². The molecule has 0 saturated heterocycles. The quantitative estimate of drug-likeness (QED) is 0.0247. The van der Waals surface area contributed by atoms with Crippen molar-refractivity contribution in [3.63, 3.8) is 0 Å². The Hall–Kier alpha value is -1.52. The molecule has 4 aromatic carbocycles. The molecule has 0 atom stereocenters. The molecule has 4 aromatic rings. The van der Waals surface area contributed by atoms with Crippen molar-refractivity contribution in [3.8, 4) is 0 Å². The summed E-state index contributed by atoms with van der Waals surface area (Å²) >= 11 is 0. The summed E-state index contributed by atoms with van der Waals surface area (Å²) in [7, 11) is -9.02. The Bertz CT molecular complexity index is 2230. The fraction of sp³-hybridized carbons (Fsp3) is 0.722. The average molecular weight is 1180 g/mol. The van der Waals surface area contributed by atoms with Gasteiger partial charge in [-0.25, -0.2) is 16.8 Å². The molecule has 0 radical (unpaired) electrons. The van der Waals surface area contributed by atoms with Gasteiger partial charge in [-0.2, -0.15) is 0 Å². The van der Waals surface area contributed by atoms with E-state index in [9.17, 15) is 25.9 Å². The van der Waals surface area contributed by atoms with Gasteiger partial charge in [0.2, 0.25) is 0 Å². The predicted octanol–water partition coefficient (Wildman–Crippen LogP) is 22.5. The van der Waals surface area contributed by atoms with Crippen LogP contribution in [-0.4, -0.2) is 63.7 Å². The Morgan fingerprint density at radius 1 is 0.284 bits per heavy atom. The average Bonchev–Trinajstić information content (AvgIpc) is 3.57. The molecular weight excluding hydrogens is 1060 g/mol. The molecule has 0 heterocycles. The van der Waals surface area contributed by atoms with Gasteiger partial charge in [0.05, 0.1) is 9.79 Å². The van der Waals surface area contributed by atoms with Crippen LogP contribution in [0.1, 0.15) is 332 Å². The van der Waals surface area contributed by atoms with Crippen molar-refractivity contribution in [1.82, 2.24) is 0 Å². The van der Waals surface area contributed by atoms with Gasteiger partial charge in [0.15, 0.2) is 0 Å². The van der Waals surface area contributed by atoms with Crippen LogP contribution in [0.3, 0.4) is 0 Å². The van der Waals surface area contributed by atoms with Crippen LogP contribution in [-0.2, 0) is 45.9 Å². The van der Waals surface area contributed by atoms with Crippen molar-refractivity contribution in [2.24, 2.45) is 0 Å². The number of aryl methyl sites for hydroxylation is 4. The van der Waals surface area contributed by atoms with Crippen LogP contribution < -0.4 is 0 Å². The second-order valence-corrected chi connectivity index (χ2v) is 27.0. The van der Waals surface area contributed by atoms with E-state index in [0.717, 1.165) is 73.3 Å². The molecule has 6 nitrogen and oxygen atoms in total. The van der Waals surface area contributed by atoms with Crippen LogP contribution in [0.25, 0.3) is 21.5 Å². The maximum atomic E-state index is 12.1. The van der Waals surface area contributed by atoms with Crippen LogP contribution >= 0.6 is 0 Å². The Balaban J connectivity index is 0.000000547. The number of benzene rings is 4. The van der Waals surface area contributed by atoms with E-state index in [1.807, 2.05) is 12.1 Å². The third-order valence-corrected chi connectivity index (χ3v) is 18.7. The smallest absolute Gasteiger partial charge is 0.744 e. The van der Waals surface area contributed by atoms with E-state index in [0.29, 0.717) is 10.8 Å². The first-order valence-electron chi connectivity index (χ1n) is 33.9. The Morgan fingerprint density at radius 2 is 0.494 bits per heavy atom. The van der Waals surface area contributed by atoms with Gasteiger partial charge in [-0.15, -0.1) is 0 Å². The van der Waals surface area contributed by atoms with Gasteiger partial charge in [0.1, 0.15) is 20.2 Å². The largest absolute Gasteiger partial charge is 2.00 e. The number of hydrogen-bond donors (Lipinski definition) is 0. The maximum absolute atomic E-state index is 12.1. The summed E-state index contributed by atoms with van der Waals surface area (Å²) in [5.74, 6) is 0. The molecule has 0 saturated carbocycles. The molecule has 0 N–H and O–H groups in total. The van der Waals surface area contributed by atoms with Gasteiger partial charge in [-0.1, -0.05) is 333 Å². The first-order chi connectivity index (χ1) is 38.9. The Morgan fingerprint density at radius 3 is 0.716 bits per heavy atom. The van der Waals surface area contributed by atoms with E-state index >= 15 is 0 Å². The van der Waals surface area contributed by atoms with Gasteiger partial charge in [0, 0.05) is 10.8 Å². The van der Waals surface area contributed by atoms with Crippen LogP contribution in [0.15, 0.2) is 70.5 Å². The van der Waals surface area contributed by atoms with Gasteiger partial charge in [0.25, 0.3) is 0 Å². The third kappa shape index (κ3) is 35.0. The van der Waals surface area contributed by atoms with Crippen molar-refractivity contribution >= 4 is 79.5 Å². The number of rotatable bonds is 50. The molecule has 0 aliphatic heterocycles. The molecule has 0 aliphatic rings. The first-order valence-corrected chi connectivity index (χ1v) is 36.8. The third-order valence-electron chi connectivity index (χ3n) is 16.9. The van der Waals surface area contributed by atoms with Crippen molar-refractivity contribution in [3.05, 3.63) is 82.9 Å². The zero-order valence-electron chi connectivity index (χ0n) is 52.7. The van der Waals surface area contributed by atoms with E-state index in [4.69, 9.17) is 0 Å². The van der Waals surface area contributed by atoms with E-state index in [-0.39, 0.29) is 47.5 Å². The van der Waals surface area contributed by atoms with Crippen molar-refractivity contribution < 1.29 is 25.9 Å². The molecule has 0 bridgehead atoms. The summed E-state index contributed by atoms with van der Waals surface area (Å²) in [6, 6.07) is 19.0. The number of hydrogen-bond acceptors (Lipinski definition) is 6. The second-order valence-electron chi connectivity index (χ2n) is 24.3. The molecule has 9 heteroatoms. The second kappa shape index (κ2) is 48.6. The van der Waals surface area contributed by atoms with Gasteiger partial charge in [-0.3, -0.25) is 0 Å². The predicted molar refractivity (Wildman–Crippen MR) is 350 cm³/mol. The molecule has 0 aliphatic carbocycles. The molecule has 4 rings (SSSR count). The van der Waals surface area contributed by atoms with Gasteiger partial charge < -0.3 is 9.11 Å². The summed E-state index contributed by atoms with van der Waals surface area (Å²) in [5, 5.41) is 3.12. The van der Waals surface area contributed by atoms with Crippen LogP contribution in [0.4, 0.5) is 0 Å². The minimum atomic E-state index is -4.51. The molecule has 0 unspecified atom stereocenters. The summed E-state index contributed by atoms with van der Waals surface area (Å²) in [5.41, 5.74) is 4.65. The Labute approximate surface area is 529 Å². The summed E-state index contributed by atoms with van der Waals surface area (Å²) in [4.78, 5) is -0.103. The monoisotopic (exact) mass is 1180 g/mol. The van der Waals surface area contributed by atoms with Gasteiger partial charge in [-0.05, 0) is 96.5 Å². The zero-order valence-corrected chi connectivity index (χ0v) is 56.5. The number of unbranched alkanes of at least 4 members (excludes halogenated alkanes) is 40. The molecule has 0 aromatic heterocycles. The normalized spacial score (nSPS) is 11.8. The maximum Gasteiger partial charge on any atom is 2.00 e. The first kappa shape index (κ1) is 75.6. The molecule has 0 spiro atoms. The molecule has 81 heavy (non-hydrogen) atoms.